The van der Waals surface area contributed by atoms with E-state index in [9.17, 15) is 14.4 Å². The lowest BCUT2D eigenvalue weighted by Gasteiger charge is -2.25. The van der Waals surface area contributed by atoms with Crippen LogP contribution in [-0.4, -0.2) is 71.5 Å². The Bertz CT molecular complexity index is 878. The van der Waals surface area contributed by atoms with Crippen LogP contribution in [0.5, 0.6) is 5.75 Å². The van der Waals surface area contributed by atoms with Gasteiger partial charge in [0.05, 0.1) is 0 Å². The second-order valence-corrected chi connectivity index (χ2v) is 12.3. The normalized spacial score (nSPS) is 16.9. The molecule has 0 aromatic heterocycles. The first-order valence-corrected chi connectivity index (χ1v) is 12.1. The monoisotopic (exact) mass is 571 g/mol. The molecule has 1 fully saturated rings. The predicted molar refractivity (Wildman–Crippen MR) is 132 cm³/mol. The Hall–Kier alpha value is -2.13. The molecule has 1 aromatic rings. The Morgan fingerprint density at radius 2 is 1.17 bits per heavy atom. The van der Waals surface area contributed by atoms with Crippen LogP contribution in [0.3, 0.4) is 0 Å². The lowest BCUT2D eigenvalue weighted by molar-refractivity contribution is -0.798. The van der Waals surface area contributed by atoms with E-state index < -0.39 is 22.8 Å². The van der Waals surface area contributed by atoms with Crippen molar-refractivity contribution in [2.45, 2.75) is 91.6 Å². The Morgan fingerprint density at radius 3 is 1.58 bits per heavy atom. The van der Waals surface area contributed by atoms with Gasteiger partial charge in [0.25, 0.3) is 0 Å². The summed E-state index contributed by atoms with van der Waals surface area (Å²) in [6.45, 7) is 17.2. The summed E-state index contributed by atoms with van der Waals surface area (Å²) in [4.78, 5) is 37.0. The fraction of sp³-hybridized carbons (Fsp3) is 0.667. The summed E-state index contributed by atoms with van der Waals surface area (Å²) in [6.07, 6.45) is 0.692. The topological polar surface area (TPSA) is 88.1 Å². The highest BCUT2D eigenvalue weighted by atomic mass is 79.9. The fourth-order valence-electron chi connectivity index (χ4n) is 3.84. The number of rotatable bonds is 9. The van der Waals surface area contributed by atoms with Crippen LogP contribution in [0.2, 0.25) is 0 Å². The number of hydrogen-bond acceptors (Lipinski definition) is 7. The maximum Gasteiger partial charge on any atom is 0.362 e. The molecule has 2 rings (SSSR count). The zero-order chi connectivity index (χ0) is 26.7. The Balaban J connectivity index is 0.00000648. The summed E-state index contributed by atoms with van der Waals surface area (Å²) >= 11 is 0. The smallest absolute Gasteiger partial charge is 0.362 e. The fourth-order valence-corrected chi connectivity index (χ4v) is 3.84. The minimum absolute atomic E-state index is 0. The molecule has 1 aliphatic heterocycles. The van der Waals surface area contributed by atoms with Crippen LogP contribution in [0.4, 0.5) is 0 Å². The van der Waals surface area contributed by atoms with Gasteiger partial charge in [-0.15, -0.1) is 0 Å². The van der Waals surface area contributed by atoms with Crippen molar-refractivity contribution in [3.05, 3.63) is 29.8 Å². The zero-order valence-electron chi connectivity index (χ0n) is 23.1. The maximum absolute atomic E-state index is 12.6. The lowest BCUT2D eigenvalue weighted by atomic mass is 10.1. The van der Waals surface area contributed by atoms with Crippen LogP contribution in [0.15, 0.2) is 24.3 Å². The lowest BCUT2D eigenvalue weighted by Crippen LogP contribution is -3.00. The van der Waals surface area contributed by atoms with Gasteiger partial charge in [0.1, 0.15) is 35.1 Å². The summed E-state index contributed by atoms with van der Waals surface area (Å²) in [5.74, 6) is -0.506. The van der Waals surface area contributed by atoms with Crippen molar-refractivity contribution < 1.29 is 54.8 Å². The molecule has 9 heteroatoms. The molecule has 1 atom stereocenters. The van der Waals surface area contributed by atoms with Crippen molar-refractivity contribution in [2.24, 2.45) is 0 Å². The number of carbonyl (C=O) groups is 3. The number of quaternary nitrogens is 1. The van der Waals surface area contributed by atoms with Crippen molar-refractivity contribution in [3.63, 3.8) is 0 Å². The van der Waals surface area contributed by atoms with Crippen molar-refractivity contribution in [2.75, 3.05) is 26.2 Å². The molecule has 0 amide bonds. The minimum atomic E-state index is -0.590. The van der Waals surface area contributed by atoms with E-state index in [1.807, 2.05) is 74.4 Å². The standard InChI is InChI=1S/C27H42NO7.BrH/c1-25(2,3)33-22(29)16-28(17-23(30)34-26(4,5)6)15-20(28)14-19-10-12-21(13-11-19)32-18-24(31)35-27(7,8)9;/h10-13,20H,14-18H2,1-9H3;1H/q+1;/p-1/t20-;/m0./s1. The third-order valence-corrected chi connectivity index (χ3v) is 5.11. The highest BCUT2D eigenvalue weighted by Gasteiger charge is 2.57. The molecular formula is C27H42BrNO7. The number of carbonyl (C=O) groups excluding carboxylic acids is 3. The molecule has 36 heavy (non-hydrogen) atoms. The third kappa shape index (κ3) is 11.7. The third-order valence-electron chi connectivity index (χ3n) is 5.11. The molecule has 0 N–H and O–H groups in total. The van der Waals surface area contributed by atoms with Crippen molar-refractivity contribution in [1.29, 1.82) is 0 Å². The van der Waals surface area contributed by atoms with Gasteiger partial charge < -0.3 is 35.9 Å². The van der Waals surface area contributed by atoms with Gasteiger partial charge in [0.15, 0.2) is 19.7 Å². The van der Waals surface area contributed by atoms with Gasteiger partial charge in [0.2, 0.25) is 0 Å². The Morgan fingerprint density at radius 1 is 0.750 bits per heavy atom. The number of esters is 3. The molecule has 1 saturated heterocycles. The van der Waals surface area contributed by atoms with E-state index in [0.29, 0.717) is 23.2 Å². The second-order valence-electron chi connectivity index (χ2n) is 12.3. The van der Waals surface area contributed by atoms with Crippen molar-refractivity contribution in [3.8, 4) is 5.75 Å². The van der Waals surface area contributed by atoms with E-state index in [2.05, 4.69) is 0 Å². The van der Waals surface area contributed by atoms with Gasteiger partial charge in [-0.2, -0.15) is 0 Å². The van der Waals surface area contributed by atoms with Gasteiger partial charge in [-0.3, -0.25) is 4.48 Å². The molecule has 0 radical (unpaired) electrons. The van der Waals surface area contributed by atoms with E-state index in [-0.39, 0.29) is 54.7 Å². The van der Waals surface area contributed by atoms with Crippen LogP contribution in [0.1, 0.15) is 67.9 Å². The van der Waals surface area contributed by atoms with E-state index in [4.69, 9.17) is 18.9 Å². The largest absolute Gasteiger partial charge is 1.00 e. The van der Waals surface area contributed by atoms with E-state index in [1.165, 1.54) is 0 Å². The molecule has 0 aliphatic carbocycles. The first kappa shape index (κ1) is 31.9. The molecule has 1 aromatic carbocycles. The summed E-state index contributed by atoms with van der Waals surface area (Å²) in [5.41, 5.74) is -0.688. The SMILES string of the molecule is CC(C)(C)OC(=O)COc1ccc(C[C@H]2C[N+]2(CC(=O)OC(C)(C)C)CC(=O)OC(C)(C)C)cc1.[Br-]. The molecule has 0 saturated carbocycles. The summed E-state index contributed by atoms with van der Waals surface area (Å²) in [6, 6.07) is 7.57. The number of halogens is 1. The molecule has 1 aliphatic rings. The number of ether oxygens (including phenoxy) is 4. The Labute approximate surface area is 226 Å². The summed E-state index contributed by atoms with van der Waals surface area (Å²) in [5, 5.41) is 0. The maximum atomic E-state index is 12.6. The molecule has 0 unspecified atom stereocenters. The van der Waals surface area contributed by atoms with Crippen LogP contribution in [0, 0.1) is 0 Å². The first-order chi connectivity index (χ1) is 15.9. The Kier molecular flexibility index (Phi) is 10.6. The van der Waals surface area contributed by atoms with E-state index >= 15 is 0 Å². The number of nitrogens with zero attached hydrogens (tertiary/aromatic N) is 1. The molecular weight excluding hydrogens is 530 g/mol. The molecule has 1 heterocycles. The number of hydrogen-bond donors (Lipinski definition) is 0. The average molecular weight is 573 g/mol. The predicted octanol–water partition coefficient (Wildman–Crippen LogP) is 0.836. The van der Waals surface area contributed by atoms with Crippen LogP contribution < -0.4 is 21.7 Å². The highest BCUT2D eigenvalue weighted by molar-refractivity contribution is 5.74. The van der Waals surface area contributed by atoms with Gasteiger partial charge in [-0.05, 0) is 80.0 Å². The first-order valence-electron chi connectivity index (χ1n) is 12.1. The van der Waals surface area contributed by atoms with E-state index in [1.54, 1.807) is 12.1 Å². The van der Waals surface area contributed by atoms with Crippen molar-refractivity contribution >= 4 is 17.9 Å². The quantitative estimate of drug-likeness (QED) is 0.188. The van der Waals surface area contributed by atoms with Crippen LogP contribution in [0.25, 0.3) is 0 Å². The van der Waals surface area contributed by atoms with E-state index in [0.717, 1.165) is 5.56 Å². The highest BCUT2D eigenvalue weighted by Crippen LogP contribution is 2.35. The minimum Gasteiger partial charge on any atom is -1.00 e. The summed E-state index contributed by atoms with van der Waals surface area (Å²) in [7, 11) is 0. The van der Waals surface area contributed by atoms with Gasteiger partial charge in [-0.25, -0.2) is 14.4 Å². The number of benzene rings is 1. The zero-order valence-corrected chi connectivity index (χ0v) is 24.7. The molecule has 0 bridgehead atoms. The molecule has 204 valence electrons. The average Bonchev–Trinajstić information content (AvgIpc) is 3.26. The molecule has 8 nitrogen and oxygen atoms in total. The van der Waals surface area contributed by atoms with Crippen LogP contribution >= 0.6 is 0 Å². The second kappa shape index (κ2) is 11.9. The van der Waals surface area contributed by atoms with Gasteiger partial charge in [-0.1, -0.05) is 12.1 Å². The molecule has 0 spiro atoms. The van der Waals surface area contributed by atoms with Gasteiger partial charge >= 0.3 is 17.9 Å². The van der Waals surface area contributed by atoms with Crippen molar-refractivity contribution in [1.82, 2.24) is 0 Å². The van der Waals surface area contributed by atoms with Gasteiger partial charge in [0, 0.05) is 6.42 Å². The summed E-state index contributed by atoms with van der Waals surface area (Å²) < 4.78 is 22.1. The van der Waals surface area contributed by atoms with Crippen LogP contribution in [-0.2, 0) is 35.0 Å².